The first-order valence-corrected chi connectivity index (χ1v) is 8.05. The summed E-state index contributed by atoms with van der Waals surface area (Å²) in [6.45, 7) is 2.11. The minimum absolute atomic E-state index is 0.0289. The van der Waals surface area contributed by atoms with Gasteiger partial charge >= 0.3 is 5.63 Å². The number of aryl methyl sites for hydroxylation is 1. The Kier molecular flexibility index (Phi) is 4.93. The normalized spacial score (nSPS) is 10.6. The number of rotatable bonds is 5. The van der Waals surface area contributed by atoms with Crippen LogP contribution in [-0.4, -0.2) is 20.1 Å². The summed E-state index contributed by atoms with van der Waals surface area (Å²) in [5.74, 6) is 0.758. The Balaban J connectivity index is 1.82. The van der Waals surface area contributed by atoms with Crippen LogP contribution in [0.25, 0.3) is 10.8 Å². The van der Waals surface area contributed by atoms with Crippen LogP contribution >= 0.6 is 0 Å². The van der Waals surface area contributed by atoms with Crippen LogP contribution in [0.4, 0.5) is 0 Å². The number of fused-ring (bicyclic) bond motifs is 1. The predicted molar refractivity (Wildman–Crippen MR) is 97.9 cm³/mol. The van der Waals surface area contributed by atoms with Gasteiger partial charge in [-0.25, -0.2) is 4.79 Å². The molecule has 0 spiro atoms. The first-order valence-electron chi connectivity index (χ1n) is 8.05. The van der Waals surface area contributed by atoms with Crippen molar-refractivity contribution in [2.45, 2.75) is 13.5 Å². The molecule has 134 valence electrons. The second-order valence-electron chi connectivity index (χ2n) is 5.85. The number of ether oxygens (including phenoxy) is 2. The van der Waals surface area contributed by atoms with E-state index >= 15 is 0 Å². The molecule has 3 aromatic rings. The Morgan fingerprint density at radius 3 is 2.62 bits per heavy atom. The molecule has 6 heteroatoms. The molecule has 0 saturated carbocycles. The van der Waals surface area contributed by atoms with E-state index in [-0.39, 0.29) is 12.3 Å². The van der Waals surface area contributed by atoms with Crippen LogP contribution in [0, 0.1) is 6.92 Å². The van der Waals surface area contributed by atoms with Crippen LogP contribution in [-0.2, 0) is 6.54 Å². The van der Waals surface area contributed by atoms with Crippen molar-refractivity contribution in [3.8, 4) is 11.5 Å². The first kappa shape index (κ1) is 17.5. The van der Waals surface area contributed by atoms with E-state index < -0.39 is 11.5 Å². The molecule has 0 radical (unpaired) electrons. The molecule has 0 saturated heterocycles. The summed E-state index contributed by atoms with van der Waals surface area (Å²) < 4.78 is 15.6. The van der Waals surface area contributed by atoms with E-state index in [1.807, 2.05) is 13.0 Å². The first-order chi connectivity index (χ1) is 12.5. The van der Waals surface area contributed by atoms with Crippen LogP contribution in [0.15, 0.2) is 51.7 Å². The fourth-order valence-corrected chi connectivity index (χ4v) is 2.67. The zero-order valence-electron chi connectivity index (χ0n) is 14.8. The number of carbonyl (C=O) groups excluding carboxylic acids is 1. The Morgan fingerprint density at radius 2 is 1.88 bits per heavy atom. The van der Waals surface area contributed by atoms with Crippen LogP contribution < -0.4 is 20.4 Å². The van der Waals surface area contributed by atoms with Gasteiger partial charge in [0.15, 0.2) is 5.76 Å². The molecule has 1 aromatic heterocycles. The molecule has 3 rings (SSSR count). The summed E-state index contributed by atoms with van der Waals surface area (Å²) in [6.07, 6.45) is 0. The zero-order valence-corrected chi connectivity index (χ0v) is 14.8. The number of hydrogen-bond donors (Lipinski definition) is 1. The Labute approximate surface area is 150 Å². The van der Waals surface area contributed by atoms with Gasteiger partial charge in [0, 0.05) is 18.2 Å². The molecule has 0 unspecified atom stereocenters. The molecule has 2 aromatic carbocycles. The highest BCUT2D eigenvalue weighted by Crippen LogP contribution is 2.24. The lowest BCUT2D eigenvalue weighted by atomic mass is 10.1. The summed E-state index contributed by atoms with van der Waals surface area (Å²) in [5.41, 5.74) is 1.20. The fraction of sp³-hybridized carbons (Fsp3) is 0.200. The van der Waals surface area contributed by atoms with Crippen LogP contribution in [0.5, 0.6) is 11.5 Å². The number of methoxy groups -OCH3 is 2. The number of benzene rings is 2. The monoisotopic (exact) mass is 353 g/mol. The zero-order chi connectivity index (χ0) is 18.7. The molecule has 0 bridgehead atoms. The Bertz CT molecular complexity index is 1020. The second-order valence-corrected chi connectivity index (χ2v) is 5.85. The highest BCUT2D eigenvalue weighted by Gasteiger charge is 2.13. The van der Waals surface area contributed by atoms with E-state index in [4.69, 9.17) is 13.9 Å². The lowest BCUT2D eigenvalue weighted by molar-refractivity contribution is 0.0919. The molecule has 6 nitrogen and oxygen atoms in total. The van der Waals surface area contributed by atoms with Gasteiger partial charge in [-0.15, -0.1) is 0 Å². The smallest absolute Gasteiger partial charge is 0.344 e. The molecule has 0 fully saturated rings. The molecule has 0 atom stereocenters. The summed E-state index contributed by atoms with van der Waals surface area (Å²) in [6, 6.07) is 12.3. The maximum absolute atomic E-state index is 12.4. The molecule has 0 aliphatic rings. The van der Waals surface area contributed by atoms with Crippen molar-refractivity contribution in [1.82, 2.24) is 5.32 Å². The second kappa shape index (κ2) is 7.31. The number of hydrogen-bond acceptors (Lipinski definition) is 5. The van der Waals surface area contributed by atoms with Crippen molar-refractivity contribution < 1.29 is 18.7 Å². The van der Waals surface area contributed by atoms with Crippen molar-refractivity contribution in [1.29, 1.82) is 0 Å². The molecule has 26 heavy (non-hydrogen) atoms. The van der Waals surface area contributed by atoms with E-state index in [1.165, 1.54) is 0 Å². The third-order valence-corrected chi connectivity index (χ3v) is 4.08. The molecule has 0 aliphatic heterocycles. The van der Waals surface area contributed by atoms with E-state index in [0.717, 1.165) is 11.1 Å². The average Bonchev–Trinajstić information content (AvgIpc) is 2.66. The predicted octanol–water partition coefficient (Wildman–Crippen LogP) is 3.05. The minimum atomic E-state index is -0.529. The van der Waals surface area contributed by atoms with Gasteiger partial charge in [-0.05, 0) is 36.6 Å². The summed E-state index contributed by atoms with van der Waals surface area (Å²) >= 11 is 0. The van der Waals surface area contributed by atoms with Crippen molar-refractivity contribution in [2.24, 2.45) is 0 Å². The molecule has 1 amide bonds. The third kappa shape index (κ3) is 3.54. The van der Waals surface area contributed by atoms with Gasteiger partial charge in [-0.2, -0.15) is 0 Å². The standard InChI is InChI=1S/C20H19NO5/c1-12-4-5-13-9-18(26-20(23)16(13)8-12)19(22)21-11-14-6-7-15(24-2)10-17(14)25-3/h4-10H,11H2,1-3H3,(H,21,22). The third-order valence-electron chi connectivity index (χ3n) is 4.08. The summed E-state index contributed by atoms with van der Waals surface area (Å²) in [7, 11) is 3.11. The molecule has 0 aliphatic carbocycles. The summed E-state index contributed by atoms with van der Waals surface area (Å²) in [5, 5.41) is 3.86. The SMILES string of the molecule is COc1ccc(CNC(=O)c2cc3ccc(C)cc3c(=O)o2)c(OC)c1. The molecule has 1 heterocycles. The topological polar surface area (TPSA) is 77.8 Å². The highest BCUT2D eigenvalue weighted by molar-refractivity contribution is 5.95. The largest absolute Gasteiger partial charge is 0.497 e. The van der Waals surface area contributed by atoms with Gasteiger partial charge in [0.1, 0.15) is 11.5 Å². The van der Waals surface area contributed by atoms with Gasteiger partial charge < -0.3 is 19.2 Å². The van der Waals surface area contributed by atoms with Crippen molar-refractivity contribution >= 4 is 16.7 Å². The number of nitrogens with one attached hydrogen (secondary N) is 1. The van der Waals surface area contributed by atoms with Crippen LogP contribution in [0.2, 0.25) is 0 Å². The lowest BCUT2D eigenvalue weighted by Gasteiger charge is -2.11. The minimum Gasteiger partial charge on any atom is -0.497 e. The molecular weight excluding hydrogens is 334 g/mol. The average molecular weight is 353 g/mol. The van der Waals surface area contributed by atoms with E-state index in [2.05, 4.69) is 5.32 Å². The van der Waals surface area contributed by atoms with Gasteiger partial charge in [0.2, 0.25) is 0 Å². The van der Waals surface area contributed by atoms with Crippen LogP contribution in [0.3, 0.4) is 0 Å². The summed E-state index contributed by atoms with van der Waals surface area (Å²) in [4.78, 5) is 24.5. The Hall–Kier alpha value is -3.28. The lowest BCUT2D eigenvalue weighted by Crippen LogP contribution is -2.24. The fourth-order valence-electron chi connectivity index (χ4n) is 2.67. The van der Waals surface area contributed by atoms with Gasteiger partial charge in [0.25, 0.3) is 5.91 Å². The van der Waals surface area contributed by atoms with E-state index in [1.54, 1.807) is 50.6 Å². The van der Waals surface area contributed by atoms with Crippen molar-refractivity contribution in [3.05, 3.63) is 69.8 Å². The maximum Gasteiger partial charge on any atom is 0.344 e. The maximum atomic E-state index is 12.4. The quantitative estimate of drug-likeness (QED) is 0.763. The number of carbonyl (C=O) groups is 1. The van der Waals surface area contributed by atoms with E-state index in [9.17, 15) is 9.59 Å². The van der Waals surface area contributed by atoms with E-state index in [0.29, 0.717) is 22.3 Å². The van der Waals surface area contributed by atoms with Gasteiger partial charge in [0.05, 0.1) is 19.6 Å². The molecule has 1 N–H and O–H groups in total. The molecular formula is C20H19NO5. The number of amides is 1. The van der Waals surface area contributed by atoms with Crippen molar-refractivity contribution in [2.75, 3.05) is 14.2 Å². The van der Waals surface area contributed by atoms with Crippen molar-refractivity contribution in [3.63, 3.8) is 0 Å². The highest BCUT2D eigenvalue weighted by atomic mass is 16.5. The van der Waals surface area contributed by atoms with Gasteiger partial charge in [-0.3, -0.25) is 4.79 Å². The van der Waals surface area contributed by atoms with Gasteiger partial charge in [-0.1, -0.05) is 17.7 Å². The Morgan fingerprint density at radius 1 is 1.08 bits per heavy atom. The van der Waals surface area contributed by atoms with Crippen LogP contribution in [0.1, 0.15) is 21.7 Å².